The number of amides is 1. The molecule has 1 atom stereocenters. The van der Waals surface area contributed by atoms with E-state index in [0.717, 1.165) is 0 Å². The van der Waals surface area contributed by atoms with E-state index in [1.54, 1.807) is 0 Å². The van der Waals surface area contributed by atoms with Crippen LogP contribution in [0.5, 0.6) is 5.75 Å². The van der Waals surface area contributed by atoms with Gasteiger partial charge in [0.2, 0.25) is 0 Å². The summed E-state index contributed by atoms with van der Waals surface area (Å²) < 4.78 is 32.6. The van der Waals surface area contributed by atoms with E-state index in [2.05, 4.69) is 10.1 Å². The topological polar surface area (TPSA) is 98.8 Å². The molecule has 1 heterocycles. The van der Waals surface area contributed by atoms with Crippen LogP contribution in [0.15, 0.2) is 18.2 Å². The molecule has 1 aromatic rings. The van der Waals surface area contributed by atoms with Gasteiger partial charge < -0.3 is 14.8 Å². The summed E-state index contributed by atoms with van der Waals surface area (Å²) >= 11 is 5.82. The normalized spacial score (nSPS) is 19.1. The van der Waals surface area contributed by atoms with Gasteiger partial charge in [-0.05, 0) is 24.6 Å². The number of methoxy groups -OCH3 is 1. The van der Waals surface area contributed by atoms with Crippen LogP contribution < -0.4 is 10.1 Å². The Hall–Kier alpha value is -1.80. The Morgan fingerprint density at radius 3 is 2.74 bits per heavy atom. The first-order valence-electron chi connectivity index (χ1n) is 6.81. The first-order chi connectivity index (χ1) is 10.8. The molecule has 0 saturated carbocycles. The first-order valence-corrected chi connectivity index (χ1v) is 9.01. The number of esters is 1. The second kappa shape index (κ2) is 7.18. The van der Waals surface area contributed by atoms with Gasteiger partial charge in [0.05, 0.1) is 18.6 Å². The molecule has 126 valence electrons. The summed E-state index contributed by atoms with van der Waals surface area (Å²) in [6.07, 6.45) is 0.391. The van der Waals surface area contributed by atoms with Crippen LogP contribution in [-0.4, -0.2) is 51.6 Å². The molecule has 1 aliphatic heterocycles. The molecule has 0 aliphatic carbocycles. The summed E-state index contributed by atoms with van der Waals surface area (Å²) in [7, 11) is -1.84. The van der Waals surface area contributed by atoms with Crippen molar-refractivity contribution in [2.45, 2.75) is 12.5 Å². The van der Waals surface area contributed by atoms with Crippen molar-refractivity contribution in [3.05, 3.63) is 28.8 Å². The summed E-state index contributed by atoms with van der Waals surface area (Å²) in [4.78, 5) is 23.5. The van der Waals surface area contributed by atoms with E-state index in [4.69, 9.17) is 16.3 Å². The number of nitrogens with one attached hydrogen (secondary N) is 1. The molecule has 1 aromatic carbocycles. The number of halogens is 1. The van der Waals surface area contributed by atoms with Crippen LogP contribution in [0.25, 0.3) is 0 Å². The van der Waals surface area contributed by atoms with Gasteiger partial charge >= 0.3 is 5.97 Å². The Bertz CT molecular complexity index is 718. The molecule has 0 radical (unpaired) electrons. The van der Waals surface area contributed by atoms with Crippen LogP contribution in [-0.2, 0) is 19.4 Å². The molecule has 9 heteroatoms. The third kappa shape index (κ3) is 4.84. The maximum absolute atomic E-state index is 11.8. The van der Waals surface area contributed by atoms with E-state index in [9.17, 15) is 18.0 Å². The Morgan fingerprint density at radius 1 is 1.39 bits per heavy atom. The first kappa shape index (κ1) is 17.6. The molecule has 1 N–H and O–H groups in total. The van der Waals surface area contributed by atoms with Crippen molar-refractivity contribution in [2.75, 3.05) is 25.2 Å². The highest BCUT2D eigenvalue weighted by Gasteiger charge is 2.29. The van der Waals surface area contributed by atoms with Crippen molar-refractivity contribution in [1.82, 2.24) is 5.32 Å². The zero-order valence-electron chi connectivity index (χ0n) is 12.4. The minimum atomic E-state index is -3.07. The molecule has 1 unspecified atom stereocenters. The Balaban J connectivity index is 1.95. The van der Waals surface area contributed by atoms with Gasteiger partial charge in [0.25, 0.3) is 5.91 Å². The van der Waals surface area contributed by atoms with Crippen molar-refractivity contribution < 1.29 is 27.5 Å². The number of hydrogen-bond acceptors (Lipinski definition) is 6. The van der Waals surface area contributed by atoms with E-state index in [0.29, 0.717) is 11.4 Å². The van der Waals surface area contributed by atoms with Crippen molar-refractivity contribution in [2.24, 2.45) is 0 Å². The largest absolute Gasteiger partial charge is 0.483 e. The standard InChI is InChI=1S/C14H16ClNO6S/c1-21-14(18)11-6-9(15)2-3-12(11)22-7-13(17)16-10-4-5-23(19,20)8-10/h2-3,6,10H,4-5,7-8H2,1H3,(H,16,17). The maximum atomic E-state index is 11.8. The van der Waals surface area contributed by atoms with E-state index in [-0.39, 0.29) is 29.4 Å². The molecular formula is C14H16ClNO6S. The van der Waals surface area contributed by atoms with Gasteiger partial charge in [0, 0.05) is 11.1 Å². The second-order valence-electron chi connectivity index (χ2n) is 5.09. The lowest BCUT2D eigenvalue weighted by Crippen LogP contribution is -2.38. The summed E-state index contributed by atoms with van der Waals surface area (Å²) in [6.45, 7) is -0.345. The monoisotopic (exact) mass is 361 g/mol. The maximum Gasteiger partial charge on any atom is 0.341 e. The molecule has 0 aromatic heterocycles. The fourth-order valence-corrected chi connectivity index (χ4v) is 4.06. The minimum Gasteiger partial charge on any atom is -0.483 e. The van der Waals surface area contributed by atoms with E-state index in [1.807, 2.05) is 0 Å². The predicted octanol–water partition coefficient (Wildman–Crippen LogP) is 0.809. The number of carbonyl (C=O) groups excluding carboxylic acids is 2. The van der Waals surface area contributed by atoms with Gasteiger partial charge in [0.1, 0.15) is 11.3 Å². The van der Waals surface area contributed by atoms with Crippen molar-refractivity contribution in [1.29, 1.82) is 0 Å². The lowest BCUT2D eigenvalue weighted by molar-refractivity contribution is -0.123. The fourth-order valence-electron chi connectivity index (χ4n) is 2.22. The fraction of sp³-hybridized carbons (Fsp3) is 0.429. The van der Waals surface area contributed by atoms with Gasteiger partial charge in [0.15, 0.2) is 16.4 Å². The smallest absolute Gasteiger partial charge is 0.341 e. The number of benzene rings is 1. The third-order valence-corrected chi connectivity index (χ3v) is 5.31. The molecule has 7 nitrogen and oxygen atoms in total. The van der Waals surface area contributed by atoms with Crippen molar-refractivity contribution in [3.63, 3.8) is 0 Å². The second-order valence-corrected chi connectivity index (χ2v) is 7.75. The molecule has 0 spiro atoms. The molecule has 1 aliphatic rings. The molecule has 23 heavy (non-hydrogen) atoms. The van der Waals surface area contributed by atoms with Gasteiger partial charge in [-0.1, -0.05) is 11.6 Å². The van der Waals surface area contributed by atoms with Crippen molar-refractivity contribution in [3.8, 4) is 5.75 Å². The van der Waals surface area contributed by atoms with Crippen LogP contribution in [0.4, 0.5) is 0 Å². The molecule has 1 amide bonds. The average molecular weight is 362 g/mol. The lowest BCUT2D eigenvalue weighted by Gasteiger charge is -2.13. The van der Waals surface area contributed by atoms with E-state index in [1.165, 1.54) is 25.3 Å². The van der Waals surface area contributed by atoms with Gasteiger partial charge in [-0.2, -0.15) is 0 Å². The molecule has 1 fully saturated rings. The number of carbonyl (C=O) groups is 2. The highest BCUT2D eigenvalue weighted by Crippen LogP contribution is 2.23. The predicted molar refractivity (Wildman–Crippen MR) is 83.5 cm³/mol. The molecule has 0 bridgehead atoms. The van der Waals surface area contributed by atoms with Gasteiger partial charge in [-0.25, -0.2) is 13.2 Å². The van der Waals surface area contributed by atoms with Crippen LogP contribution in [0.1, 0.15) is 16.8 Å². The summed E-state index contributed by atoms with van der Waals surface area (Å²) in [5.74, 6) is -0.923. The number of sulfone groups is 1. The zero-order valence-corrected chi connectivity index (χ0v) is 13.9. The Morgan fingerprint density at radius 2 is 2.13 bits per heavy atom. The third-order valence-electron chi connectivity index (χ3n) is 3.30. The molecular weight excluding hydrogens is 346 g/mol. The SMILES string of the molecule is COC(=O)c1cc(Cl)ccc1OCC(=O)NC1CCS(=O)(=O)C1. The van der Waals surface area contributed by atoms with Crippen LogP contribution in [0, 0.1) is 0 Å². The van der Waals surface area contributed by atoms with E-state index >= 15 is 0 Å². The quantitative estimate of drug-likeness (QED) is 0.779. The van der Waals surface area contributed by atoms with Crippen LogP contribution >= 0.6 is 11.6 Å². The molecule has 2 rings (SSSR count). The number of hydrogen-bond donors (Lipinski definition) is 1. The van der Waals surface area contributed by atoms with Crippen LogP contribution in [0.2, 0.25) is 5.02 Å². The average Bonchev–Trinajstić information content (AvgIpc) is 2.83. The van der Waals surface area contributed by atoms with E-state index < -0.39 is 27.8 Å². The Kier molecular flexibility index (Phi) is 5.48. The van der Waals surface area contributed by atoms with Crippen LogP contribution in [0.3, 0.4) is 0 Å². The highest BCUT2D eigenvalue weighted by molar-refractivity contribution is 7.91. The number of ether oxygens (including phenoxy) is 2. The lowest BCUT2D eigenvalue weighted by atomic mass is 10.2. The summed E-state index contributed by atoms with van der Waals surface area (Å²) in [6, 6.07) is 3.96. The summed E-state index contributed by atoms with van der Waals surface area (Å²) in [5.41, 5.74) is 0.108. The zero-order chi connectivity index (χ0) is 17.0. The van der Waals surface area contributed by atoms with Gasteiger partial charge in [-0.3, -0.25) is 4.79 Å². The highest BCUT2D eigenvalue weighted by atomic mass is 35.5. The summed E-state index contributed by atoms with van der Waals surface area (Å²) in [5, 5.41) is 2.93. The van der Waals surface area contributed by atoms with Gasteiger partial charge in [-0.15, -0.1) is 0 Å². The number of rotatable bonds is 5. The minimum absolute atomic E-state index is 0.0624. The Labute approximate surface area is 138 Å². The molecule has 1 saturated heterocycles. The van der Waals surface area contributed by atoms with Crippen molar-refractivity contribution >= 4 is 33.3 Å².